The van der Waals surface area contributed by atoms with Gasteiger partial charge in [0.05, 0.1) is 0 Å². The van der Waals surface area contributed by atoms with Gasteiger partial charge in [0, 0.05) is 0 Å². The largest absolute Gasteiger partial charge is 0.460 e. The molecule has 0 aromatic heterocycles. The van der Waals surface area contributed by atoms with E-state index in [2.05, 4.69) is 4.84 Å². The zero-order valence-corrected chi connectivity index (χ0v) is 10.6. The van der Waals surface area contributed by atoms with Crippen LogP contribution in [-0.2, 0) is 25.8 Å². The molecule has 0 saturated heterocycles. The van der Waals surface area contributed by atoms with Gasteiger partial charge in [-0.25, -0.2) is 4.79 Å². The van der Waals surface area contributed by atoms with Crippen molar-refractivity contribution in [2.75, 3.05) is 0 Å². The van der Waals surface area contributed by atoms with Crippen molar-refractivity contribution in [1.82, 2.24) is 0 Å². The zero-order chi connectivity index (χ0) is 13.7. The summed E-state index contributed by atoms with van der Waals surface area (Å²) in [6, 6.07) is 9.33. The summed E-state index contributed by atoms with van der Waals surface area (Å²) in [7, 11) is 0. The Morgan fingerprint density at radius 1 is 1.11 bits per heavy atom. The maximum absolute atomic E-state index is 12.2. The van der Waals surface area contributed by atoms with Crippen molar-refractivity contribution in [3.05, 3.63) is 35.9 Å². The van der Waals surface area contributed by atoms with Crippen molar-refractivity contribution < 1.29 is 19.2 Å². The van der Waals surface area contributed by atoms with E-state index in [1.54, 1.807) is 0 Å². The standard InChI is InChI=1S/C14H17NO4/c15-19-13(17)14(8-4-5-9-14)12(16)18-10-11-6-2-1-3-7-11/h1-3,6-7H,4-5,8-10,15H2. The van der Waals surface area contributed by atoms with Crippen molar-refractivity contribution in [2.24, 2.45) is 11.3 Å². The lowest BCUT2D eigenvalue weighted by Gasteiger charge is -2.22. The Morgan fingerprint density at radius 2 is 1.74 bits per heavy atom. The van der Waals surface area contributed by atoms with Crippen LogP contribution in [0.5, 0.6) is 0 Å². The lowest BCUT2D eigenvalue weighted by atomic mass is 9.86. The topological polar surface area (TPSA) is 78.6 Å². The fourth-order valence-electron chi connectivity index (χ4n) is 2.44. The molecule has 2 N–H and O–H groups in total. The van der Waals surface area contributed by atoms with Gasteiger partial charge < -0.3 is 9.57 Å². The molecule has 19 heavy (non-hydrogen) atoms. The number of carbonyl (C=O) groups excluding carboxylic acids is 2. The lowest BCUT2D eigenvalue weighted by molar-refractivity contribution is -0.173. The van der Waals surface area contributed by atoms with Gasteiger partial charge in [-0.05, 0) is 18.4 Å². The van der Waals surface area contributed by atoms with Gasteiger partial charge in [0.25, 0.3) is 0 Å². The van der Waals surface area contributed by atoms with Crippen LogP contribution in [0.15, 0.2) is 30.3 Å². The second kappa shape index (κ2) is 5.84. The summed E-state index contributed by atoms with van der Waals surface area (Å²) in [5, 5.41) is 0. The van der Waals surface area contributed by atoms with Crippen LogP contribution in [0.1, 0.15) is 31.2 Å². The van der Waals surface area contributed by atoms with Gasteiger partial charge in [-0.2, -0.15) is 5.90 Å². The number of hydrogen-bond acceptors (Lipinski definition) is 5. The Kier molecular flexibility index (Phi) is 4.16. The third-order valence-electron chi connectivity index (χ3n) is 3.56. The molecule has 0 bridgehead atoms. The van der Waals surface area contributed by atoms with E-state index in [-0.39, 0.29) is 6.61 Å². The molecule has 1 saturated carbocycles. The van der Waals surface area contributed by atoms with Crippen LogP contribution in [-0.4, -0.2) is 11.9 Å². The zero-order valence-electron chi connectivity index (χ0n) is 10.6. The first-order valence-corrected chi connectivity index (χ1v) is 6.31. The highest BCUT2D eigenvalue weighted by Gasteiger charge is 2.50. The van der Waals surface area contributed by atoms with E-state index in [1.165, 1.54) is 0 Å². The Labute approximate surface area is 111 Å². The predicted molar refractivity (Wildman–Crippen MR) is 67.4 cm³/mol. The molecule has 0 aliphatic heterocycles. The van der Waals surface area contributed by atoms with Gasteiger partial charge >= 0.3 is 11.9 Å². The lowest BCUT2D eigenvalue weighted by Crippen LogP contribution is -2.40. The second-order valence-electron chi connectivity index (χ2n) is 4.76. The predicted octanol–water partition coefficient (Wildman–Crippen LogP) is 1.71. The smallest absolute Gasteiger partial charge is 0.341 e. The maximum Gasteiger partial charge on any atom is 0.341 e. The molecule has 0 heterocycles. The van der Waals surface area contributed by atoms with Crippen LogP contribution in [0.3, 0.4) is 0 Å². The normalized spacial score (nSPS) is 16.9. The SMILES string of the molecule is NOC(=O)C1(C(=O)OCc2ccccc2)CCCC1. The first-order chi connectivity index (χ1) is 9.19. The summed E-state index contributed by atoms with van der Waals surface area (Å²) in [4.78, 5) is 28.2. The Balaban J connectivity index is 2.03. The molecule has 5 nitrogen and oxygen atoms in total. The number of esters is 1. The molecule has 102 valence electrons. The molecule has 2 rings (SSSR count). The Morgan fingerprint density at radius 3 is 2.32 bits per heavy atom. The van der Waals surface area contributed by atoms with E-state index >= 15 is 0 Å². The van der Waals surface area contributed by atoms with Crippen molar-refractivity contribution in [1.29, 1.82) is 0 Å². The van der Waals surface area contributed by atoms with Crippen molar-refractivity contribution in [3.8, 4) is 0 Å². The van der Waals surface area contributed by atoms with Gasteiger partial charge in [0.2, 0.25) is 0 Å². The minimum Gasteiger partial charge on any atom is -0.460 e. The molecule has 1 aliphatic rings. The molecule has 0 spiro atoms. The number of hydrogen-bond donors (Lipinski definition) is 1. The van der Waals surface area contributed by atoms with E-state index in [0.29, 0.717) is 12.8 Å². The van der Waals surface area contributed by atoms with Gasteiger partial charge in [-0.1, -0.05) is 43.2 Å². The molecule has 0 amide bonds. The van der Waals surface area contributed by atoms with Crippen molar-refractivity contribution >= 4 is 11.9 Å². The van der Waals surface area contributed by atoms with Crippen LogP contribution in [0.25, 0.3) is 0 Å². The van der Waals surface area contributed by atoms with Gasteiger partial charge in [-0.15, -0.1) is 0 Å². The van der Waals surface area contributed by atoms with E-state index < -0.39 is 17.4 Å². The molecule has 1 aromatic rings. The molecule has 0 unspecified atom stereocenters. The average Bonchev–Trinajstić information content (AvgIpc) is 2.96. The van der Waals surface area contributed by atoms with Gasteiger partial charge in [-0.3, -0.25) is 4.79 Å². The third kappa shape index (κ3) is 2.76. The quantitative estimate of drug-likeness (QED) is 0.508. The molecule has 1 aliphatic carbocycles. The molecule has 5 heteroatoms. The van der Waals surface area contributed by atoms with E-state index in [9.17, 15) is 9.59 Å². The van der Waals surface area contributed by atoms with Gasteiger partial charge in [0.15, 0.2) is 5.41 Å². The van der Waals surface area contributed by atoms with E-state index in [0.717, 1.165) is 18.4 Å². The number of rotatable bonds is 4. The minimum absolute atomic E-state index is 0.152. The minimum atomic E-state index is -1.20. The molecule has 0 radical (unpaired) electrons. The van der Waals surface area contributed by atoms with Crippen LogP contribution >= 0.6 is 0 Å². The third-order valence-corrected chi connectivity index (χ3v) is 3.56. The highest BCUT2D eigenvalue weighted by molar-refractivity contribution is 6.00. The Hall–Kier alpha value is -1.88. The maximum atomic E-state index is 12.2. The number of carbonyl (C=O) groups is 2. The molecular formula is C14H17NO4. The molecule has 1 aromatic carbocycles. The fraction of sp³-hybridized carbons (Fsp3) is 0.429. The van der Waals surface area contributed by atoms with E-state index in [1.807, 2.05) is 30.3 Å². The molecular weight excluding hydrogens is 246 g/mol. The summed E-state index contributed by atoms with van der Waals surface area (Å²) < 4.78 is 5.24. The Bertz CT molecular complexity index is 452. The highest BCUT2D eigenvalue weighted by atomic mass is 16.7. The van der Waals surface area contributed by atoms with Crippen LogP contribution < -0.4 is 5.90 Å². The summed E-state index contributed by atoms with van der Waals surface area (Å²) >= 11 is 0. The second-order valence-corrected chi connectivity index (χ2v) is 4.76. The number of ether oxygens (including phenoxy) is 1. The summed E-state index contributed by atoms with van der Waals surface area (Å²) in [5.41, 5.74) is -0.325. The average molecular weight is 263 g/mol. The monoisotopic (exact) mass is 263 g/mol. The van der Waals surface area contributed by atoms with Crippen LogP contribution in [0, 0.1) is 5.41 Å². The van der Waals surface area contributed by atoms with Gasteiger partial charge in [0.1, 0.15) is 6.61 Å². The summed E-state index contributed by atoms with van der Waals surface area (Å²) in [6.45, 7) is 0.152. The number of nitrogens with two attached hydrogens (primary N) is 1. The summed E-state index contributed by atoms with van der Waals surface area (Å²) in [6.07, 6.45) is 2.48. The first kappa shape index (κ1) is 13.5. The molecule has 0 atom stereocenters. The van der Waals surface area contributed by atoms with Crippen molar-refractivity contribution in [2.45, 2.75) is 32.3 Å². The van der Waals surface area contributed by atoms with E-state index in [4.69, 9.17) is 10.6 Å². The molecule has 1 fully saturated rings. The fourth-order valence-corrected chi connectivity index (χ4v) is 2.44. The summed E-state index contributed by atoms with van der Waals surface area (Å²) in [5.74, 6) is 3.70. The first-order valence-electron chi connectivity index (χ1n) is 6.31. The highest BCUT2D eigenvalue weighted by Crippen LogP contribution is 2.40. The number of benzene rings is 1. The van der Waals surface area contributed by atoms with Crippen LogP contribution in [0.4, 0.5) is 0 Å². The van der Waals surface area contributed by atoms with Crippen LogP contribution in [0.2, 0.25) is 0 Å². The van der Waals surface area contributed by atoms with Crippen molar-refractivity contribution in [3.63, 3.8) is 0 Å².